The van der Waals surface area contributed by atoms with Crippen molar-refractivity contribution in [2.75, 3.05) is 18.4 Å². The van der Waals surface area contributed by atoms with Crippen molar-refractivity contribution in [3.8, 4) is 0 Å². The van der Waals surface area contributed by atoms with E-state index in [1.165, 1.54) is 0 Å². The smallest absolute Gasteiger partial charge is 0.222 e. The van der Waals surface area contributed by atoms with Crippen molar-refractivity contribution in [3.05, 3.63) is 18.2 Å². The van der Waals surface area contributed by atoms with Crippen LogP contribution < -0.4 is 10.6 Å². The summed E-state index contributed by atoms with van der Waals surface area (Å²) >= 11 is 0. The van der Waals surface area contributed by atoms with Crippen molar-refractivity contribution >= 4 is 11.9 Å². The Morgan fingerprint density at radius 3 is 2.73 bits per heavy atom. The number of rotatable bonds is 5. The molecule has 0 atom stereocenters. The molecule has 0 aliphatic carbocycles. The zero-order valence-corrected chi connectivity index (χ0v) is 8.46. The average Bonchev–Trinajstić information content (AvgIpc) is 2.21. The summed E-state index contributed by atoms with van der Waals surface area (Å²) in [6.07, 6.45) is 2.48. The molecular weight excluding hydrogens is 199 g/mol. The second kappa shape index (κ2) is 5.90. The van der Waals surface area contributed by atoms with Gasteiger partial charge in [0, 0.05) is 19.5 Å². The predicted octanol–water partition coefficient (Wildman–Crippen LogP) is 0.554. The van der Waals surface area contributed by atoms with Gasteiger partial charge in [-0.2, -0.15) is 0 Å². The van der Waals surface area contributed by atoms with Crippen LogP contribution in [0.1, 0.15) is 13.3 Å². The number of carbonyl (C=O) groups is 1. The lowest BCUT2D eigenvalue weighted by Gasteiger charge is -2.04. The molecule has 15 heavy (non-hydrogen) atoms. The highest BCUT2D eigenvalue weighted by molar-refractivity contribution is 5.76. The highest BCUT2D eigenvalue weighted by Crippen LogP contribution is 1.97. The molecule has 0 saturated heterocycles. The standard InChI is InChI=1S/C9H13FN4O/c1-2-11-8(15)3-4-12-9-13-5-7(10)6-14-9/h5-6H,2-4H2,1H3,(H,11,15)(H,12,13,14). The number of anilines is 1. The van der Waals surface area contributed by atoms with E-state index < -0.39 is 5.82 Å². The number of nitrogens with zero attached hydrogens (tertiary/aromatic N) is 2. The summed E-state index contributed by atoms with van der Waals surface area (Å²) in [7, 11) is 0. The molecule has 0 saturated carbocycles. The summed E-state index contributed by atoms with van der Waals surface area (Å²) in [6, 6.07) is 0. The summed E-state index contributed by atoms with van der Waals surface area (Å²) in [5.74, 6) is -0.197. The molecule has 82 valence electrons. The molecule has 5 nitrogen and oxygen atoms in total. The number of carbonyl (C=O) groups excluding carboxylic acids is 1. The summed E-state index contributed by atoms with van der Waals surface area (Å²) < 4.78 is 12.4. The maximum absolute atomic E-state index is 12.4. The van der Waals surface area contributed by atoms with Crippen molar-refractivity contribution in [2.24, 2.45) is 0 Å². The molecule has 0 bridgehead atoms. The van der Waals surface area contributed by atoms with E-state index in [-0.39, 0.29) is 5.91 Å². The molecule has 6 heteroatoms. The van der Waals surface area contributed by atoms with Crippen molar-refractivity contribution in [1.82, 2.24) is 15.3 Å². The number of amides is 1. The van der Waals surface area contributed by atoms with Crippen LogP contribution in [0.5, 0.6) is 0 Å². The maximum Gasteiger partial charge on any atom is 0.222 e. The van der Waals surface area contributed by atoms with Gasteiger partial charge in [-0.05, 0) is 6.92 Å². The van der Waals surface area contributed by atoms with Crippen molar-refractivity contribution in [2.45, 2.75) is 13.3 Å². The molecule has 1 amide bonds. The van der Waals surface area contributed by atoms with E-state index in [0.29, 0.717) is 25.5 Å². The minimum atomic E-state index is -0.482. The van der Waals surface area contributed by atoms with E-state index in [9.17, 15) is 9.18 Å². The first-order valence-electron chi connectivity index (χ1n) is 4.70. The summed E-state index contributed by atoms with van der Waals surface area (Å²) in [5.41, 5.74) is 0. The zero-order chi connectivity index (χ0) is 11.1. The third-order valence-corrected chi connectivity index (χ3v) is 1.63. The number of halogens is 1. The molecule has 0 spiro atoms. The van der Waals surface area contributed by atoms with Crippen LogP contribution >= 0.6 is 0 Å². The highest BCUT2D eigenvalue weighted by atomic mass is 19.1. The molecule has 1 rings (SSSR count). The van der Waals surface area contributed by atoms with Gasteiger partial charge in [0.2, 0.25) is 11.9 Å². The van der Waals surface area contributed by atoms with Gasteiger partial charge in [0.05, 0.1) is 12.4 Å². The lowest BCUT2D eigenvalue weighted by atomic mass is 10.4. The predicted molar refractivity (Wildman–Crippen MR) is 53.8 cm³/mol. The summed E-state index contributed by atoms with van der Waals surface area (Å²) in [4.78, 5) is 18.4. The lowest BCUT2D eigenvalue weighted by molar-refractivity contribution is -0.120. The van der Waals surface area contributed by atoms with Crippen molar-refractivity contribution in [1.29, 1.82) is 0 Å². The van der Waals surface area contributed by atoms with Crippen molar-refractivity contribution in [3.63, 3.8) is 0 Å². The monoisotopic (exact) mass is 212 g/mol. The van der Waals surface area contributed by atoms with Crippen LogP contribution in [0, 0.1) is 5.82 Å². The van der Waals surface area contributed by atoms with Gasteiger partial charge in [-0.1, -0.05) is 0 Å². The van der Waals surface area contributed by atoms with E-state index in [0.717, 1.165) is 12.4 Å². The Kier molecular flexibility index (Phi) is 4.46. The Hall–Kier alpha value is -1.72. The van der Waals surface area contributed by atoms with Gasteiger partial charge in [-0.3, -0.25) is 4.79 Å². The van der Waals surface area contributed by atoms with Gasteiger partial charge >= 0.3 is 0 Å². The van der Waals surface area contributed by atoms with E-state index in [4.69, 9.17) is 0 Å². The topological polar surface area (TPSA) is 66.9 Å². The first-order valence-corrected chi connectivity index (χ1v) is 4.70. The molecule has 0 aromatic carbocycles. The van der Waals surface area contributed by atoms with Gasteiger partial charge in [0.25, 0.3) is 0 Å². The van der Waals surface area contributed by atoms with Gasteiger partial charge in [0.1, 0.15) is 0 Å². The molecule has 0 unspecified atom stereocenters. The average molecular weight is 212 g/mol. The maximum atomic E-state index is 12.4. The number of nitrogens with one attached hydrogen (secondary N) is 2. The van der Waals surface area contributed by atoms with Gasteiger partial charge in [-0.15, -0.1) is 0 Å². The van der Waals surface area contributed by atoms with Gasteiger partial charge in [0.15, 0.2) is 5.82 Å². The molecule has 1 heterocycles. The fourth-order valence-electron chi connectivity index (χ4n) is 0.977. The first kappa shape index (κ1) is 11.4. The third kappa shape index (κ3) is 4.35. The van der Waals surface area contributed by atoms with E-state index in [2.05, 4.69) is 20.6 Å². The molecule has 1 aromatic heterocycles. The Morgan fingerprint density at radius 2 is 2.13 bits per heavy atom. The molecule has 0 radical (unpaired) electrons. The van der Waals surface area contributed by atoms with Crippen LogP contribution in [0.3, 0.4) is 0 Å². The molecule has 1 aromatic rings. The Morgan fingerprint density at radius 1 is 1.47 bits per heavy atom. The summed E-state index contributed by atoms with van der Waals surface area (Å²) in [5, 5.41) is 5.47. The molecule has 2 N–H and O–H groups in total. The molecule has 0 aliphatic rings. The second-order valence-electron chi connectivity index (χ2n) is 2.86. The fourth-order valence-corrected chi connectivity index (χ4v) is 0.977. The Bertz CT molecular complexity index is 314. The van der Waals surface area contributed by atoms with E-state index in [1.54, 1.807) is 0 Å². The summed E-state index contributed by atoms with van der Waals surface area (Å²) in [6.45, 7) is 2.90. The minimum absolute atomic E-state index is 0.0351. The number of aromatic nitrogens is 2. The highest BCUT2D eigenvalue weighted by Gasteiger charge is 2.00. The van der Waals surface area contributed by atoms with Crippen LogP contribution in [0.25, 0.3) is 0 Å². The number of hydrogen-bond acceptors (Lipinski definition) is 4. The Labute approximate surface area is 87.1 Å². The van der Waals surface area contributed by atoms with E-state index >= 15 is 0 Å². The molecule has 0 aliphatic heterocycles. The quantitative estimate of drug-likeness (QED) is 0.748. The second-order valence-corrected chi connectivity index (χ2v) is 2.86. The molecule has 0 fully saturated rings. The third-order valence-electron chi connectivity index (χ3n) is 1.63. The first-order chi connectivity index (χ1) is 7.22. The molecular formula is C9H13FN4O. The minimum Gasteiger partial charge on any atom is -0.356 e. The zero-order valence-electron chi connectivity index (χ0n) is 8.46. The lowest BCUT2D eigenvalue weighted by Crippen LogP contribution is -2.25. The van der Waals surface area contributed by atoms with Crippen LogP contribution in [0.4, 0.5) is 10.3 Å². The fraction of sp³-hybridized carbons (Fsp3) is 0.444. The van der Waals surface area contributed by atoms with E-state index in [1.807, 2.05) is 6.92 Å². The number of hydrogen-bond donors (Lipinski definition) is 2. The van der Waals surface area contributed by atoms with Crippen LogP contribution in [-0.2, 0) is 4.79 Å². The van der Waals surface area contributed by atoms with Gasteiger partial charge < -0.3 is 10.6 Å². The SMILES string of the molecule is CCNC(=O)CCNc1ncc(F)cn1. The van der Waals surface area contributed by atoms with Crippen LogP contribution in [-0.4, -0.2) is 29.0 Å². The van der Waals surface area contributed by atoms with Crippen LogP contribution in [0.2, 0.25) is 0 Å². The van der Waals surface area contributed by atoms with Crippen LogP contribution in [0.15, 0.2) is 12.4 Å². The Balaban J connectivity index is 2.26. The normalized spacial score (nSPS) is 9.73. The van der Waals surface area contributed by atoms with Crippen molar-refractivity contribution < 1.29 is 9.18 Å². The van der Waals surface area contributed by atoms with Gasteiger partial charge in [-0.25, -0.2) is 14.4 Å². The largest absolute Gasteiger partial charge is 0.356 e.